The minimum Gasteiger partial charge on any atom is -0.458 e. The van der Waals surface area contributed by atoms with Gasteiger partial charge in [0.15, 0.2) is 11.6 Å². The topological polar surface area (TPSA) is 60.4 Å². The maximum absolute atomic E-state index is 13.0. The van der Waals surface area contributed by atoms with Crippen LogP contribution in [0, 0.1) is 40.4 Å². The van der Waals surface area contributed by atoms with E-state index in [9.17, 15) is 14.4 Å². The Morgan fingerprint density at radius 3 is 2.71 bits per heavy atom. The highest BCUT2D eigenvalue weighted by Crippen LogP contribution is 2.65. The zero-order valence-electron chi connectivity index (χ0n) is 17.5. The van der Waals surface area contributed by atoms with Crippen LogP contribution in [0.3, 0.4) is 0 Å². The lowest BCUT2D eigenvalue weighted by Gasteiger charge is -2.54. The summed E-state index contributed by atoms with van der Waals surface area (Å²) in [6.45, 7) is 8.03. The van der Waals surface area contributed by atoms with E-state index in [0.717, 1.165) is 25.7 Å². The van der Waals surface area contributed by atoms with Gasteiger partial charge in [0.1, 0.15) is 6.61 Å². The number of allylic oxidation sites excluding steroid dienone is 4. The quantitative estimate of drug-likeness (QED) is 0.538. The van der Waals surface area contributed by atoms with Crippen molar-refractivity contribution >= 4 is 17.5 Å². The molecule has 152 valence electrons. The normalized spacial score (nSPS) is 44.2. The van der Waals surface area contributed by atoms with Crippen molar-refractivity contribution in [2.45, 2.75) is 59.8 Å². The van der Waals surface area contributed by atoms with Crippen molar-refractivity contribution < 1.29 is 19.1 Å². The molecule has 0 bridgehead atoms. The molecule has 3 unspecified atom stereocenters. The van der Waals surface area contributed by atoms with E-state index in [1.165, 1.54) is 12.5 Å². The van der Waals surface area contributed by atoms with Crippen molar-refractivity contribution in [2.75, 3.05) is 6.61 Å². The number of fused-ring (bicyclic) bond motifs is 5. The smallest absolute Gasteiger partial charge is 0.303 e. The van der Waals surface area contributed by atoms with Crippen LogP contribution in [0.15, 0.2) is 23.8 Å². The SMILES string of the molecule is CC(=O)OCC(=O)[C@H]1[C@H](C)CC2C3CCC4CC(=O)C=C[C@]4(C)C3=CC[C@@]21C. The monoisotopic (exact) mass is 384 g/mol. The van der Waals surface area contributed by atoms with Crippen molar-refractivity contribution in [1.82, 2.24) is 0 Å². The van der Waals surface area contributed by atoms with Gasteiger partial charge in [0.05, 0.1) is 0 Å². The summed E-state index contributed by atoms with van der Waals surface area (Å²) in [5.41, 5.74) is 1.43. The van der Waals surface area contributed by atoms with Gasteiger partial charge in [-0.1, -0.05) is 38.5 Å². The van der Waals surface area contributed by atoms with Gasteiger partial charge in [0.2, 0.25) is 0 Å². The van der Waals surface area contributed by atoms with E-state index in [0.29, 0.717) is 30.1 Å². The molecule has 4 aliphatic rings. The summed E-state index contributed by atoms with van der Waals surface area (Å²) in [5, 5.41) is 0. The molecular formula is C24H32O4. The molecule has 0 aromatic carbocycles. The zero-order chi connectivity index (χ0) is 20.3. The van der Waals surface area contributed by atoms with Crippen molar-refractivity contribution in [3.63, 3.8) is 0 Å². The van der Waals surface area contributed by atoms with E-state index < -0.39 is 5.97 Å². The fourth-order valence-electron chi connectivity index (χ4n) is 7.25. The van der Waals surface area contributed by atoms with Crippen LogP contribution < -0.4 is 0 Å². The van der Waals surface area contributed by atoms with Crippen molar-refractivity contribution in [2.24, 2.45) is 40.4 Å². The van der Waals surface area contributed by atoms with Crippen LogP contribution in [0.1, 0.15) is 59.8 Å². The number of rotatable bonds is 3. The molecule has 28 heavy (non-hydrogen) atoms. The first-order valence-electron chi connectivity index (χ1n) is 10.8. The van der Waals surface area contributed by atoms with E-state index in [-0.39, 0.29) is 34.9 Å². The van der Waals surface area contributed by atoms with Crippen LogP contribution >= 0.6 is 0 Å². The number of ether oxygens (including phenoxy) is 1. The average Bonchev–Trinajstić information content (AvgIpc) is 2.90. The standard InChI is InChI=1S/C24H32O4/c1-14-11-20-18-6-5-16-12-17(26)7-9-23(16,3)19(18)8-10-24(20,4)22(14)21(27)13-28-15(2)25/h7-9,14,16,18,20,22H,5-6,10-13H2,1-4H3/t14-,16?,18?,20?,22-,23+,24+/m1/s1. The minimum absolute atomic E-state index is 0.0127. The molecular weight excluding hydrogens is 352 g/mol. The summed E-state index contributed by atoms with van der Waals surface area (Å²) < 4.78 is 5.05. The number of carbonyl (C=O) groups excluding carboxylic acids is 3. The van der Waals surface area contributed by atoms with Crippen molar-refractivity contribution in [3.05, 3.63) is 23.8 Å². The summed E-state index contributed by atoms with van der Waals surface area (Å²) >= 11 is 0. The molecule has 2 saturated carbocycles. The van der Waals surface area contributed by atoms with Gasteiger partial charge in [-0.3, -0.25) is 14.4 Å². The Hall–Kier alpha value is -1.71. The maximum Gasteiger partial charge on any atom is 0.303 e. The van der Waals surface area contributed by atoms with Crippen LogP contribution in [0.25, 0.3) is 0 Å². The number of ketones is 2. The minimum atomic E-state index is -0.392. The highest BCUT2D eigenvalue weighted by atomic mass is 16.5. The van der Waals surface area contributed by atoms with Gasteiger partial charge in [0, 0.05) is 24.7 Å². The highest BCUT2D eigenvalue weighted by molar-refractivity contribution is 5.91. The average molecular weight is 385 g/mol. The third-order valence-electron chi connectivity index (χ3n) is 8.52. The first-order chi connectivity index (χ1) is 13.2. The molecule has 0 saturated heterocycles. The van der Waals surface area contributed by atoms with Crippen LogP contribution in [0.4, 0.5) is 0 Å². The molecule has 0 N–H and O–H groups in total. The Balaban J connectivity index is 1.65. The van der Waals surface area contributed by atoms with E-state index in [2.05, 4.69) is 32.9 Å². The van der Waals surface area contributed by atoms with Gasteiger partial charge in [0.25, 0.3) is 0 Å². The number of carbonyl (C=O) groups is 3. The zero-order valence-corrected chi connectivity index (χ0v) is 17.5. The summed E-state index contributed by atoms with van der Waals surface area (Å²) in [5.74, 6) is 1.58. The lowest BCUT2D eigenvalue weighted by molar-refractivity contribution is -0.148. The maximum atomic E-state index is 13.0. The Morgan fingerprint density at radius 1 is 1.25 bits per heavy atom. The van der Waals surface area contributed by atoms with Gasteiger partial charge in [-0.05, 0) is 60.8 Å². The predicted molar refractivity (Wildman–Crippen MR) is 106 cm³/mol. The number of hydrogen-bond acceptors (Lipinski definition) is 4. The van der Waals surface area contributed by atoms with Gasteiger partial charge < -0.3 is 4.74 Å². The lowest BCUT2D eigenvalue weighted by Crippen LogP contribution is -2.47. The second kappa shape index (κ2) is 6.67. The molecule has 0 aromatic rings. The van der Waals surface area contributed by atoms with Crippen molar-refractivity contribution in [1.29, 1.82) is 0 Å². The lowest BCUT2D eigenvalue weighted by atomic mass is 9.50. The van der Waals surface area contributed by atoms with Gasteiger partial charge in [-0.25, -0.2) is 0 Å². The van der Waals surface area contributed by atoms with E-state index >= 15 is 0 Å². The first-order valence-corrected chi connectivity index (χ1v) is 10.8. The molecule has 4 rings (SSSR count). The predicted octanol–water partition coefficient (Wildman–Crippen LogP) is 4.29. The van der Waals surface area contributed by atoms with Crippen LogP contribution in [-0.2, 0) is 19.1 Å². The Morgan fingerprint density at radius 2 is 2.00 bits per heavy atom. The molecule has 0 amide bonds. The number of esters is 1. The van der Waals surface area contributed by atoms with Gasteiger partial charge in [-0.15, -0.1) is 0 Å². The fraction of sp³-hybridized carbons (Fsp3) is 0.708. The molecule has 4 heteroatoms. The van der Waals surface area contributed by atoms with Crippen LogP contribution in [0.2, 0.25) is 0 Å². The van der Waals surface area contributed by atoms with Crippen molar-refractivity contribution in [3.8, 4) is 0 Å². The summed E-state index contributed by atoms with van der Waals surface area (Å²) in [4.78, 5) is 36.1. The molecule has 0 aliphatic heterocycles. The van der Waals surface area contributed by atoms with E-state index in [1.54, 1.807) is 6.08 Å². The second-order valence-electron chi connectivity index (χ2n) is 10.1. The molecule has 4 aliphatic carbocycles. The van der Waals surface area contributed by atoms with Gasteiger partial charge >= 0.3 is 5.97 Å². The molecule has 7 atom stereocenters. The summed E-state index contributed by atoms with van der Waals surface area (Å²) in [7, 11) is 0. The van der Waals surface area contributed by atoms with E-state index in [4.69, 9.17) is 4.74 Å². The third kappa shape index (κ3) is 2.83. The molecule has 0 heterocycles. The van der Waals surface area contributed by atoms with Crippen LogP contribution in [-0.4, -0.2) is 24.1 Å². The summed E-state index contributed by atoms with van der Waals surface area (Å²) in [6.07, 6.45) is 11.2. The Labute approximate surface area is 167 Å². The fourth-order valence-corrected chi connectivity index (χ4v) is 7.25. The van der Waals surface area contributed by atoms with Crippen LogP contribution in [0.5, 0.6) is 0 Å². The molecule has 0 radical (unpaired) electrons. The Bertz CT molecular complexity index is 777. The molecule has 2 fully saturated rings. The Kier molecular flexibility index (Phi) is 4.67. The highest BCUT2D eigenvalue weighted by Gasteiger charge is 2.59. The van der Waals surface area contributed by atoms with E-state index in [1.807, 2.05) is 0 Å². The largest absolute Gasteiger partial charge is 0.458 e. The third-order valence-corrected chi connectivity index (χ3v) is 8.52. The molecule has 4 nitrogen and oxygen atoms in total. The summed E-state index contributed by atoms with van der Waals surface area (Å²) in [6, 6.07) is 0. The second-order valence-corrected chi connectivity index (χ2v) is 10.1. The number of hydrogen-bond donors (Lipinski definition) is 0. The first kappa shape index (κ1) is 19.6. The number of Topliss-reactive ketones (excluding diaryl/α,β-unsaturated/α-hetero) is 1. The molecule has 0 aromatic heterocycles. The van der Waals surface area contributed by atoms with Gasteiger partial charge in [-0.2, -0.15) is 0 Å². The molecule has 0 spiro atoms.